The third-order valence-electron chi connectivity index (χ3n) is 4.54. The van der Waals surface area contributed by atoms with E-state index in [1.807, 2.05) is 5.32 Å². The number of aromatic nitrogens is 2. The van der Waals surface area contributed by atoms with Gasteiger partial charge in [-0.05, 0) is 30.3 Å². The molecule has 7 nitrogen and oxygen atoms in total. The number of halogens is 5. The molecule has 0 saturated heterocycles. The Morgan fingerprint density at radius 2 is 1.93 bits per heavy atom. The highest BCUT2D eigenvalue weighted by Crippen LogP contribution is 2.45. The summed E-state index contributed by atoms with van der Waals surface area (Å²) < 4.78 is 43.5. The van der Waals surface area contributed by atoms with Crippen molar-refractivity contribution in [1.82, 2.24) is 14.9 Å². The van der Waals surface area contributed by atoms with Gasteiger partial charge >= 0.3 is 6.18 Å². The number of imidazole rings is 1. The molecule has 152 valence electrons. The van der Waals surface area contributed by atoms with Crippen LogP contribution in [-0.2, 0) is 10.5 Å². The summed E-state index contributed by atoms with van der Waals surface area (Å²) in [5.41, 5.74) is -3.79. The molecule has 1 aliphatic heterocycles. The number of amides is 2. The number of anilines is 1. The van der Waals surface area contributed by atoms with Crippen molar-refractivity contribution in [2.45, 2.75) is 11.8 Å². The molecule has 0 spiro atoms. The van der Waals surface area contributed by atoms with Crippen molar-refractivity contribution in [1.29, 1.82) is 5.26 Å². The number of nitrogens with zero attached hydrogens (tertiary/aromatic N) is 3. The molecule has 1 aliphatic rings. The van der Waals surface area contributed by atoms with E-state index in [1.165, 1.54) is 24.3 Å². The fraction of sp³-hybridized carbons (Fsp3) is 0.111. The predicted octanol–water partition coefficient (Wildman–Crippen LogP) is 3.81. The lowest BCUT2D eigenvalue weighted by Crippen LogP contribution is -2.63. The van der Waals surface area contributed by atoms with Gasteiger partial charge in [-0.1, -0.05) is 29.3 Å². The highest BCUT2D eigenvalue weighted by Gasteiger charge is 2.67. The van der Waals surface area contributed by atoms with E-state index in [-0.39, 0.29) is 32.2 Å². The van der Waals surface area contributed by atoms with Crippen LogP contribution in [0.25, 0.3) is 11.0 Å². The SMILES string of the molecule is N#Cc1cccc(C(=O)NC2(C(F)(F)F)C(=O)Nc3nc4cc(Cl)c(Cl)cc4n32)c1. The Bertz CT molecular complexity index is 1280. The van der Waals surface area contributed by atoms with Gasteiger partial charge in [0.25, 0.3) is 17.5 Å². The molecule has 2 aromatic carbocycles. The molecule has 3 aromatic rings. The van der Waals surface area contributed by atoms with Crippen molar-refractivity contribution < 1.29 is 22.8 Å². The first kappa shape index (κ1) is 20.0. The Morgan fingerprint density at radius 1 is 1.23 bits per heavy atom. The number of fused-ring (bicyclic) bond motifs is 3. The van der Waals surface area contributed by atoms with Crippen LogP contribution < -0.4 is 10.6 Å². The zero-order valence-corrected chi connectivity index (χ0v) is 16.0. The largest absolute Gasteiger partial charge is 0.440 e. The zero-order chi connectivity index (χ0) is 21.8. The first-order chi connectivity index (χ1) is 14.1. The molecule has 0 saturated carbocycles. The smallest absolute Gasteiger partial charge is 0.313 e. The Morgan fingerprint density at radius 3 is 2.60 bits per heavy atom. The van der Waals surface area contributed by atoms with Gasteiger partial charge < -0.3 is 5.32 Å². The monoisotopic (exact) mass is 453 g/mol. The van der Waals surface area contributed by atoms with Crippen molar-refractivity contribution in [2.75, 3.05) is 5.32 Å². The van der Waals surface area contributed by atoms with Crippen LogP contribution in [0.2, 0.25) is 10.0 Å². The van der Waals surface area contributed by atoms with Crippen molar-refractivity contribution >= 4 is 52.0 Å². The lowest BCUT2D eigenvalue weighted by Gasteiger charge is -2.32. The third kappa shape index (κ3) is 2.78. The van der Waals surface area contributed by atoms with E-state index in [1.54, 1.807) is 11.4 Å². The summed E-state index contributed by atoms with van der Waals surface area (Å²) in [5, 5.41) is 12.8. The van der Waals surface area contributed by atoms with Crippen LogP contribution >= 0.6 is 23.2 Å². The number of hydrogen-bond acceptors (Lipinski definition) is 4. The number of alkyl halides is 3. The number of carbonyl (C=O) groups is 2. The second-order valence-corrected chi connectivity index (χ2v) is 7.15. The molecular weight excluding hydrogens is 446 g/mol. The standard InChI is InChI=1S/C18H8Cl2F3N5O2/c19-10-5-12-13(6-11(10)20)28-16(25-12)26-15(30)17(28,18(21,22)23)27-14(29)9-3-1-2-8(4-9)7-24/h1-6H,(H,27,29)(H,25,26,30). The summed E-state index contributed by atoms with van der Waals surface area (Å²) in [6.45, 7) is 0. The fourth-order valence-electron chi connectivity index (χ4n) is 3.20. The van der Waals surface area contributed by atoms with Gasteiger partial charge in [-0.2, -0.15) is 18.4 Å². The lowest BCUT2D eigenvalue weighted by atomic mass is 10.1. The molecule has 2 N–H and O–H groups in total. The average molecular weight is 454 g/mol. The van der Waals surface area contributed by atoms with E-state index in [9.17, 15) is 22.8 Å². The number of hydrogen-bond donors (Lipinski definition) is 2. The molecule has 4 rings (SSSR count). The first-order valence-corrected chi connectivity index (χ1v) is 8.93. The van der Waals surface area contributed by atoms with Gasteiger partial charge in [-0.25, -0.2) is 4.98 Å². The summed E-state index contributed by atoms with van der Waals surface area (Å²) in [4.78, 5) is 29.2. The molecule has 2 amide bonds. The third-order valence-corrected chi connectivity index (χ3v) is 5.27. The molecule has 0 radical (unpaired) electrons. The van der Waals surface area contributed by atoms with E-state index in [2.05, 4.69) is 4.98 Å². The second-order valence-electron chi connectivity index (χ2n) is 6.33. The van der Waals surface area contributed by atoms with Crippen LogP contribution in [0.4, 0.5) is 19.1 Å². The predicted molar refractivity (Wildman–Crippen MR) is 101 cm³/mol. The first-order valence-electron chi connectivity index (χ1n) is 8.17. The van der Waals surface area contributed by atoms with Crippen molar-refractivity contribution in [3.8, 4) is 6.07 Å². The average Bonchev–Trinajstić information content (AvgIpc) is 3.15. The number of nitriles is 1. The maximum Gasteiger partial charge on any atom is 0.440 e. The molecule has 1 unspecified atom stereocenters. The summed E-state index contributed by atoms with van der Waals surface area (Å²) in [6, 6.07) is 9.20. The summed E-state index contributed by atoms with van der Waals surface area (Å²) in [6.07, 6.45) is -5.26. The summed E-state index contributed by atoms with van der Waals surface area (Å²) >= 11 is 11.9. The molecule has 0 bridgehead atoms. The van der Waals surface area contributed by atoms with Gasteiger partial charge in [0.2, 0.25) is 5.95 Å². The quantitative estimate of drug-likeness (QED) is 0.615. The molecule has 12 heteroatoms. The molecule has 1 atom stereocenters. The summed E-state index contributed by atoms with van der Waals surface area (Å²) in [5.74, 6) is -3.19. The highest BCUT2D eigenvalue weighted by atomic mass is 35.5. The van der Waals surface area contributed by atoms with Crippen LogP contribution in [0.15, 0.2) is 36.4 Å². The Labute approximate surface area is 176 Å². The summed E-state index contributed by atoms with van der Waals surface area (Å²) in [7, 11) is 0. The maximum atomic E-state index is 14.3. The Kier molecular flexibility index (Phi) is 4.41. The second kappa shape index (κ2) is 6.62. The molecular formula is C18H8Cl2F3N5O2. The minimum absolute atomic E-state index is 0.0359. The van der Waals surface area contributed by atoms with Crippen LogP contribution in [0.1, 0.15) is 15.9 Å². The molecule has 2 heterocycles. The number of rotatable bonds is 2. The molecule has 0 aliphatic carbocycles. The van der Waals surface area contributed by atoms with Crippen molar-refractivity contribution in [3.63, 3.8) is 0 Å². The Hall–Kier alpha value is -3.29. The fourth-order valence-corrected chi connectivity index (χ4v) is 3.51. The van der Waals surface area contributed by atoms with Crippen molar-refractivity contribution in [2.24, 2.45) is 0 Å². The van der Waals surface area contributed by atoms with E-state index in [0.717, 1.165) is 12.1 Å². The van der Waals surface area contributed by atoms with E-state index in [0.29, 0.717) is 4.57 Å². The molecule has 1 aromatic heterocycles. The zero-order valence-electron chi connectivity index (χ0n) is 14.5. The van der Waals surface area contributed by atoms with Crippen LogP contribution in [0.5, 0.6) is 0 Å². The number of carbonyl (C=O) groups excluding carboxylic acids is 2. The van der Waals surface area contributed by atoms with Crippen molar-refractivity contribution in [3.05, 3.63) is 57.6 Å². The van der Waals surface area contributed by atoms with Gasteiger partial charge in [0.05, 0.1) is 32.7 Å². The normalized spacial score (nSPS) is 18.1. The van der Waals surface area contributed by atoms with Crippen LogP contribution in [-0.4, -0.2) is 27.5 Å². The maximum absolute atomic E-state index is 14.3. The topological polar surface area (TPSA) is 99.8 Å². The van der Waals surface area contributed by atoms with E-state index >= 15 is 0 Å². The van der Waals surface area contributed by atoms with Gasteiger partial charge in [0.15, 0.2) is 0 Å². The van der Waals surface area contributed by atoms with Crippen LogP contribution in [0.3, 0.4) is 0 Å². The van der Waals surface area contributed by atoms with Gasteiger partial charge in [0, 0.05) is 5.56 Å². The minimum atomic E-state index is -5.26. The van der Waals surface area contributed by atoms with E-state index < -0.39 is 29.6 Å². The highest BCUT2D eigenvalue weighted by molar-refractivity contribution is 6.42. The van der Waals surface area contributed by atoms with E-state index in [4.69, 9.17) is 28.5 Å². The Balaban J connectivity index is 1.92. The molecule has 30 heavy (non-hydrogen) atoms. The van der Waals surface area contributed by atoms with Gasteiger partial charge in [-0.15, -0.1) is 0 Å². The number of benzene rings is 2. The van der Waals surface area contributed by atoms with Gasteiger partial charge in [0.1, 0.15) is 0 Å². The van der Waals surface area contributed by atoms with Crippen LogP contribution in [0, 0.1) is 11.3 Å². The molecule has 0 fully saturated rings. The number of nitrogens with one attached hydrogen (secondary N) is 2. The van der Waals surface area contributed by atoms with Gasteiger partial charge in [-0.3, -0.25) is 19.5 Å². The minimum Gasteiger partial charge on any atom is -0.313 e. The lowest BCUT2D eigenvalue weighted by molar-refractivity contribution is -0.213.